The van der Waals surface area contributed by atoms with Gasteiger partial charge in [0.05, 0.1) is 12.5 Å². The Kier molecular flexibility index (Phi) is 6.88. The molecular formula is C40H54O5. The van der Waals surface area contributed by atoms with Crippen molar-refractivity contribution in [1.29, 1.82) is 0 Å². The molecule has 4 saturated carbocycles. The number of fused-ring (bicyclic) bond motifs is 4. The number of benzene rings is 1. The highest BCUT2D eigenvalue weighted by atomic mass is 16.6. The molecule has 244 valence electrons. The van der Waals surface area contributed by atoms with Gasteiger partial charge in [0.15, 0.2) is 0 Å². The van der Waals surface area contributed by atoms with Gasteiger partial charge in [-0.25, -0.2) is 4.79 Å². The standard InChI is InChI=1S/C40H54O5/c1-25-15-21-39-24-23-38(7)37(6)20-16-29-35(3,4)31(44-32(41)14-11-27-9-12-28(43-8)13-10-27)18-19-36(29,5)30(37)17-22-40(38,45-34(39)42)33(39)26(25)2/h9-14,17,22,25-26,29-31,33H,15-16,18-21,23-24H2,1-8H3. The van der Waals surface area contributed by atoms with Gasteiger partial charge >= 0.3 is 11.9 Å². The summed E-state index contributed by atoms with van der Waals surface area (Å²) in [5.41, 5.74) is -0.0486. The van der Waals surface area contributed by atoms with Gasteiger partial charge in [-0.3, -0.25) is 4.79 Å². The fourth-order valence-electron chi connectivity index (χ4n) is 12.7. The molecule has 5 fully saturated rings. The summed E-state index contributed by atoms with van der Waals surface area (Å²) in [5.74, 6) is 2.74. The van der Waals surface area contributed by atoms with Crippen LogP contribution >= 0.6 is 0 Å². The van der Waals surface area contributed by atoms with Crippen LogP contribution in [0.5, 0.6) is 5.75 Å². The van der Waals surface area contributed by atoms with E-state index in [1.54, 1.807) is 13.2 Å². The fourth-order valence-corrected chi connectivity index (χ4v) is 12.7. The van der Waals surface area contributed by atoms with E-state index in [2.05, 4.69) is 60.6 Å². The maximum atomic E-state index is 13.9. The second-order valence-electron chi connectivity index (χ2n) is 17.3. The molecule has 0 aromatic heterocycles. The van der Waals surface area contributed by atoms with Crippen molar-refractivity contribution in [3.05, 3.63) is 48.1 Å². The molecule has 1 aliphatic heterocycles. The van der Waals surface area contributed by atoms with Crippen LogP contribution < -0.4 is 4.74 Å². The molecule has 5 heteroatoms. The third-order valence-electron chi connectivity index (χ3n) is 15.5. The summed E-state index contributed by atoms with van der Waals surface area (Å²) >= 11 is 0. The highest BCUT2D eigenvalue weighted by Crippen LogP contribution is 2.79. The average molecular weight is 615 g/mol. The molecular weight excluding hydrogens is 560 g/mol. The first-order valence-electron chi connectivity index (χ1n) is 17.6. The Morgan fingerprint density at radius 2 is 1.67 bits per heavy atom. The lowest BCUT2D eigenvalue weighted by Gasteiger charge is -2.72. The van der Waals surface area contributed by atoms with Crippen LogP contribution in [0.15, 0.2) is 42.5 Å². The van der Waals surface area contributed by atoms with Crippen LogP contribution in [0.3, 0.4) is 0 Å². The van der Waals surface area contributed by atoms with E-state index >= 15 is 0 Å². The number of carbonyl (C=O) groups excluding carboxylic acids is 2. The molecule has 0 radical (unpaired) electrons. The molecule has 7 rings (SSSR count). The van der Waals surface area contributed by atoms with Crippen LogP contribution in [-0.4, -0.2) is 30.8 Å². The first-order chi connectivity index (χ1) is 21.2. The van der Waals surface area contributed by atoms with E-state index in [0.29, 0.717) is 23.7 Å². The van der Waals surface area contributed by atoms with E-state index in [9.17, 15) is 9.59 Å². The Morgan fingerprint density at radius 1 is 0.933 bits per heavy atom. The summed E-state index contributed by atoms with van der Waals surface area (Å²) in [6, 6.07) is 7.67. The van der Waals surface area contributed by atoms with E-state index in [4.69, 9.17) is 14.2 Å². The van der Waals surface area contributed by atoms with Crippen molar-refractivity contribution >= 4 is 18.0 Å². The monoisotopic (exact) mass is 614 g/mol. The van der Waals surface area contributed by atoms with Crippen molar-refractivity contribution in [1.82, 2.24) is 0 Å². The van der Waals surface area contributed by atoms with Gasteiger partial charge in [-0.15, -0.1) is 0 Å². The van der Waals surface area contributed by atoms with Gasteiger partial charge in [0, 0.05) is 22.8 Å². The Hall–Kier alpha value is -2.56. The average Bonchev–Trinajstić information content (AvgIpc) is 3.20. The number of methoxy groups -OCH3 is 1. The third kappa shape index (κ3) is 3.91. The van der Waals surface area contributed by atoms with Gasteiger partial charge < -0.3 is 14.2 Å². The summed E-state index contributed by atoms with van der Waals surface area (Å²) < 4.78 is 18.3. The summed E-state index contributed by atoms with van der Waals surface area (Å²) in [6.45, 7) is 17.0. The predicted molar refractivity (Wildman–Crippen MR) is 176 cm³/mol. The van der Waals surface area contributed by atoms with Gasteiger partial charge in [-0.05, 0) is 116 Å². The van der Waals surface area contributed by atoms with Gasteiger partial charge in [0.2, 0.25) is 0 Å². The minimum atomic E-state index is -0.511. The van der Waals surface area contributed by atoms with E-state index in [0.717, 1.165) is 62.7 Å². The zero-order chi connectivity index (χ0) is 32.2. The van der Waals surface area contributed by atoms with Crippen LogP contribution in [-0.2, 0) is 19.1 Å². The second-order valence-corrected chi connectivity index (χ2v) is 17.3. The molecule has 6 aliphatic rings. The highest BCUT2D eigenvalue weighted by molar-refractivity contribution is 5.87. The molecule has 2 bridgehead atoms. The highest BCUT2D eigenvalue weighted by Gasteiger charge is 2.80. The Balaban J connectivity index is 1.16. The van der Waals surface area contributed by atoms with Gasteiger partial charge in [-0.2, -0.15) is 0 Å². The summed E-state index contributed by atoms with van der Waals surface area (Å²) in [5, 5.41) is 0. The van der Waals surface area contributed by atoms with Crippen LogP contribution in [0, 0.1) is 56.7 Å². The number of hydrogen-bond donors (Lipinski definition) is 0. The lowest BCUT2D eigenvalue weighted by molar-refractivity contribution is -0.247. The lowest BCUT2D eigenvalue weighted by Crippen LogP contribution is -2.71. The van der Waals surface area contributed by atoms with Crippen molar-refractivity contribution in [3.63, 3.8) is 0 Å². The van der Waals surface area contributed by atoms with Gasteiger partial charge in [0.1, 0.15) is 17.5 Å². The number of hydrogen-bond acceptors (Lipinski definition) is 5. The van der Waals surface area contributed by atoms with Crippen molar-refractivity contribution in [2.75, 3.05) is 7.11 Å². The van der Waals surface area contributed by atoms with Crippen LogP contribution in [0.1, 0.15) is 105 Å². The molecule has 11 atom stereocenters. The minimum Gasteiger partial charge on any atom is -0.497 e. The largest absolute Gasteiger partial charge is 0.497 e. The fraction of sp³-hybridized carbons (Fsp3) is 0.700. The SMILES string of the molecule is COc1ccc(C=CC(=O)OC2CCC3(C)C(CCC4(C)C3C=CC35OC(=O)C6(CCC(C)C(C)C63)CCC45C)C2(C)C)cc1. The van der Waals surface area contributed by atoms with E-state index < -0.39 is 5.60 Å². The number of allylic oxidation sites excluding steroid dienone is 1. The number of rotatable bonds is 4. The predicted octanol–water partition coefficient (Wildman–Crippen LogP) is 8.81. The zero-order valence-corrected chi connectivity index (χ0v) is 28.8. The zero-order valence-electron chi connectivity index (χ0n) is 28.8. The number of ether oxygens (including phenoxy) is 3. The quantitative estimate of drug-likeness (QED) is 0.193. The molecule has 5 aliphatic carbocycles. The molecule has 1 heterocycles. The van der Waals surface area contributed by atoms with E-state index in [1.807, 2.05) is 30.3 Å². The molecule has 1 aromatic rings. The molecule has 0 N–H and O–H groups in total. The molecule has 45 heavy (non-hydrogen) atoms. The first-order valence-corrected chi connectivity index (χ1v) is 17.6. The van der Waals surface area contributed by atoms with Crippen LogP contribution in [0.2, 0.25) is 0 Å². The molecule has 1 saturated heterocycles. The Bertz CT molecular complexity index is 1440. The van der Waals surface area contributed by atoms with Crippen molar-refractivity contribution < 1.29 is 23.8 Å². The first kappa shape index (κ1) is 31.1. The topological polar surface area (TPSA) is 61.8 Å². The van der Waals surface area contributed by atoms with Crippen molar-refractivity contribution in [2.45, 2.75) is 112 Å². The van der Waals surface area contributed by atoms with Crippen molar-refractivity contribution in [2.24, 2.45) is 56.7 Å². The van der Waals surface area contributed by atoms with Crippen LogP contribution in [0.4, 0.5) is 0 Å². The number of carbonyl (C=O) groups is 2. The maximum absolute atomic E-state index is 13.9. The van der Waals surface area contributed by atoms with E-state index in [1.165, 1.54) is 0 Å². The number of esters is 2. The smallest absolute Gasteiger partial charge is 0.331 e. The summed E-state index contributed by atoms with van der Waals surface area (Å²) in [7, 11) is 1.65. The van der Waals surface area contributed by atoms with Gasteiger partial charge in [0.25, 0.3) is 0 Å². The molecule has 5 nitrogen and oxygen atoms in total. The summed E-state index contributed by atoms with van der Waals surface area (Å²) in [6.07, 6.45) is 16.4. The second kappa shape index (κ2) is 9.97. The Labute approximate surface area is 270 Å². The molecule has 0 amide bonds. The minimum absolute atomic E-state index is 0.0187. The van der Waals surface area contributed by atoms with Crippen molar-refractivity contribution in [3.8, 4) is 5.75 Å². The maximum Gasteiger partial charge on any atom is 0.331 e. The molecule has 1 spiro atoms. The van der Waals surface area contributed by atoms with E-state index in [-0.39, 0.29) is 51.0 Å². The van der Waals surface area contributed by atoms with Crippen LogP contribution in [0.25, 0.3) is 6.08 Å². The lowest BCUT2D eigenvalue weighted by atomic mass is 9.32. The molecule has 1 aromatic carbocycles. The normalized spacial score (nSPS) is 47.6. The summed E-state index contributed by atoms with van der Waals surface area (Å²) in [4.78, 5) is 27.0. The molecule has 11 unspecified atom stereocenters. The Morgan fingerprint density at radius 3 is 2.38 bits per heavy atom. The third-order valence-corrected chi connectivity index (χ3v) is 15.5. The van der Waals surface area contributed by atoms with Gasteiger partial charge in [-0.1, -0.05) is 66.7 Å².